The molecule has 0 unspecified atom stereocenters. The van der Waals surface area contributed by atoms with Crippen LogP contribution in [-0.4, -0.2) is 41.3 Å². The third-order valence-corrected chi connectivity index (χ3v) is 7.49. The monoisotopic (exact) mass is 543 g/mol. The summed E-state index contributed by atoms with van der Waals surface area (Å²) in [6.07, 6.45) is 4.94. The number of rotatable bonds is 5. The molecule has 3 aromatic rings. The Labute approximate surface area is 233 Å². The Morgan fingerprint density at radius 2 is 1.93 bits per heavy atom. The van der Waals surface area contributed by atoms with Crippen LogP contribution in [0.5, 0.6) is 0 Å². The Bertz CT molecular complexity index is 1470. The van der Waals surface area contributed by atoms with Crippen LogP contribution < -0.4 is 10.6 Å². The Balaban J connectivity index is 1.67. The maximum absolute atomic E-state index is 14.0. The van der Waals surface area contributed by atoms with E-state index in [1.165, 1.54) is 17.7 Å². The van der Waals surface area contributed by atoms with Crippen molar-refractivity contribution >= 4 is 23.8 Å². The normalized spacial score (nSPS) is 18.6. The predicted molar refractivity (Wildman–Crippen MR) is 153 cm³/mol. The summed E-state index contributed by atoms with van der Waals surface area (Å²) >= 11 is 0. The van der Waals surface area contributed by atoms with Crippen LogP contribution in [0.2, 0.25) is 0 Å². The number of cyclic esters (lactones) is 1. The zero-order valence-corrected chi connectivity index (χ0v) is 23.0. The SMILES string of the molecule is CNC(=O)Nc1ccc2c(c1)Cc1c(nc(C(C)C)c(/C=C/[C@@H]3C[C@@H](O)CC(=O)O3)c1-c1ccc(F)cc1)CC2. The van der Waals surface area contributed by atoms with E-state index in [-0.39, 0.29) is 24.2 Å². The summed E-state index contributed by atoms with van der Waals surface area (Å²) in [5.41, 5.74) is 8.66. The van der Waals surface area contributed by atoms with Gasteiger partial charge < -0.3 is 20.5 Å². The van der Waals surface area contributed by atoms with Crippen molar-refractivity contribution in [3.8, 4) is 11.1 Å². The lowest BCUT2D eigenvalue weighted by molar-refractivity contribution is -0.156. The molecule has 2 amide bonds. The zero-order valence-electron chi connectivity index (χ0n) is 23.0. The number of urea groups is 1. The second-order valence-corrected chi connectivity index (χ2v) is 10.7. The molecule has 1 aliphatic carbocycles. The van der Waals surface area contributed by atoms with E-state index in [0.29, 0.717) is 18.5 Å². The van der Waals surface area contributed by atoms with Crippen molar-refractivity contribution in [2.24, 2.45) is 0 Å². The van der Waals surface area contributed by atoms with E-state index in [1.54, 1.807) is 19.2 Å². The number of ether oxygens (including phenoxy) is 1. The van der Waals surface area contributed by atoms with E-state index >= 15 is 0 Å². The number of esters is 1. The molecule has 0 bridgehead atoms. The summed E-state index contributed by atoms with van der Waals surface area (Å²) in [7, 11) is 1.58. The van der Waals surface area contributed by atoms with Crippen molar-refractivity contribution in [3.63, 3.8) is 0 Å². The fourth-order valence-electron chi connectivity index (χ4n) is 5.54. The minimum atomic E-state index is -0.740. The molecule has 0 saturated carbocycles. The van der Waals surface area contributed by atoms with Gasteiger partial charge >= 0.3 is 12.0 Å². The van der Waals surface area contributed by atoms with E-state index in [9.17, 15) is 19.1 Å². The lowest BCUT2D eigenvalue weighted by Crippen LogP contribution is -2.31. The van der Waals surface area contributed by atoms with Crippen LogP contribution in [0.15, 0.2) is 48.5 Å². The van der Waals surface area contributed by atoms with E-state index < -0.39 is 18.2 Å². The highest BCUT2D eigenvalue weighted by Crippen LogP contribution is 2.39. The van der Waals surface area contributed by atoms with Crippen LogP contribution in [0, 0.1) is 5.82 Å². The van der Waals surface area contributed by atoms with Crippen molar-refractivity contribution in [2.75, 3.05) is 12.4 Å². The fraction of sp³-hybridized carbons (Fsp3) is 0.344. The third kappa shape index (κ3) is 5.92. The highest BCUT2D eigenvalue weighted by molar-refractivity contribution is 5.89. The minimum absolute atomic E-state index is 0.00101. The maximum atomic E-state index is 14.0. The first kappa shape index (κ1) is 27.5. The van der Waals surface area contributed by atoms with Crippen molar-refractivity contribution in [1.82, 2.24) is 10.3 Å². The number of anilines is 1. The van der Waals surface area contributed by atoms with Gasteiger partial charge in [-0.1, -0.05) is 38.1 Å². The molecular formula is C32H34FN3O4. The number of halogens is 1. The lowest BCUT2D eigenvalue weighted by atomic mass is 9.86. The van der Waals surface area contributed by atoms with Crippen LogP contribution in [0.1, 0.15) is 66.2 Å². The highest BCUT2D eigenvalue weighted by atomic mass is 19.1. The number of nitrogens with zero attached hydrogens (tertiary/aromatic N) is 1. The quantitative estimate of drug-likeness (QED) is 0.368. The first-order chi connectivity index (χ1) is 19.2. The largest absolute Gasteiger partial charge is 0.458 e. The standard InChI is InChI=1S/C32H34FN3O4/c1-18(2)31-26(12-11-25-16-24(37)17-29(38)40-25)30(20-4-8-22(33)9-5-20)27-15-21-14-23(35-32(39)34-3)10-6-19(21)7-13-28(27)36-31/h4-6,8-12,14,18,24-25,37H,7,13,15-17H2,1-3H3,(H2,34,35,39)/b12-11+/t24-,25-/m1/s1. The molecule has 40 heavy (non-hydrogen) atoms. The molecule has 1 aliphatic heterocycles. The van der Waals surface area contributed by atoms with Crippen LogP contribution >= 0.6 is 0 Å². The van der Waals surface area contributed by atoms with Gasteiger partial charge in [0, 0.05) is 36.8 Å². The summed E-state index contributed by atoms with van der Waals surface area (Å²) < 4.78 is 19.5. The summed E-state index contributed by atoms with van der Waals surface area (Å²) in [6, 6.07) is 12.2. The third-order valence-electron chi connectivity index (χ3n) is 7.49. The number of carbonyl (C=O) groups is 2. The molecule has 2 heterocycles. The lowest BCUT2D eigenvalue weighted by Gasteiger charge is -2.24. The smallest absolute Gasteiger partial charge is 0.318 e. The van der Waals surface area contributed by atoms with Crippen molar-refractivity contribution < 1.29 is 23.8 Å². The second-order valence-electron chi connectivity index (χ2n) is 10.7. The van der Waals surface area contributed by atoms with Gasteiger partial charge in [-0.15, -0.1) is 0 Å². The van der Waals surface area contributed by atoms with E-state index in [4.69, 9.17) is 9.72 Å². The number of fused-ring (bicyclic) bond motifs is 2. The highest BCUT2D eigenvalue weighted by Gasteiger charge is 2.27. The number of aryl methyl sites for hydroxylation is 2. The topological polar surface area (TPSA) is 101 Å². The van der Waals surface area contributed by atoms with Crippen LogP contribution in [0.3, 0.4) is 0 Å². The predicted octanol–water partition coefficient (Wildman–Crippen LogP) is 5.53. The van der Waals surface area contributed by atoms with Gasteiger partial charge in [0.05, 0.1) is 18.2 Å². The Morgan fingerprint density at radius 1 is 1.15 bits per heavy atom. The van der Waals surface area contributed by atoms with Crippen LogP contribution in [0.25, 0.3) is 17.2 Å². The molecule has 2 atom stereocenters. The van der Waals surface area contributed by atoms with Gasteiger partial charge in [0.15, 0.2) is 0 Å². The molecule has 1 saturated heterocycles. The van der Waals surface area contributed by atoms with Gasteiger partial charge in [0.1, 0.15) is 11.9 Å². The van der Waals surface area contributed by atoms with E-state index in [0.717, 1.165) is 52.0 Å². The first-order valence-electron chi connectivity index (χ1n) is 13.7. The summed E-state index contributed by atoms with van der Waals surface area (Å²) in [4.78, 5) is 29.1. The van der Waals surface area contributed by atoms with Gasteiger partial charge in [-0.2, -0.15) is 0 Å². The fourth-order valence-corrected chi connectivity index (χ4v) is 5.54. The Hall–Kier alpha value is -4.04. The number of aliphatic hydroxyl groups excluding tert-OH is 1. The van der Waals surface area contributed by atoms with Gasteiger partial charge in [-0.25, -0.2) is 9.18 Å². The Morgan fingerprint density at radius 3 is 2.62 bits per heavy atom. The zero-order chi connectivity index (χ0) is 28.4. The van der Waals surface area contributed by atoms with E-state index in [1.807, 2.05) is 24.3 Å². The molecule has 1 aromatic heterocycles. The number of pyridine rings is 1. The number of aromatic nitrogens is 1. The molecule has 5 rings (SSSR count). The number of aliphatic hydroxyl groups is 1. The summed E-state index contributed by atoms with van der Waals surface area (Å²) in [5.74, 6) is -0.643. The van der Waals surface area contributed by atoms with Crippen molar-refractivity contribution in [2.45, 2.75) is 64.1 Å². The average Bonchev–Trinajstić information content (AvgIpc) is 3.10. The first-order valence-corrected chi connectivity index (χ1v) is 13.7. The molecule has 1 fully saturated rings. The molecule has 0 radical (unpaired) electrons. The van der Waals surface area contributed by atoms with Crippen molar-refractivity contribution in [1.29, 1.82) is 0 Å². The number of hydrogen-bond donors (Lipinski definition) is 3. The van der Waals surface area contributed by atoms with Gasteiger partial charge in [0.2, 0.25) is 0 Å². The summed E-state index contributed by atoms with van der Waals surface area (Å²) in [5, 5.41) is 15.6. The van der Waals surface area contributed by atoms with Gasteiger partial charge in [-0.3, -0.25) is 9.78 Å². The number of hydrogen-bond acceptors (Lipinski definition) is 5. The average molecular weight is 544 g/mol. The molecule has 3 N–H and O–H groups in total. The number of carbonyl (C=O) groups excluding carboxylic acids is 2. The number of benzene rings is 2. The van der Waals surface area contributed by atoms with Gasteiger partial charge in [0.25, 0.3) is 0 Å². The number of nitrogens with one attached hydrogen (secondary N) is 2. The molecule has 2 aromatic carbocycles. The van der Waals surface area contributed by atoms with Gasteiger partial charge in [-0.05, 0) is 76.9 Å². The van der Waals surface area contributed by atoms with Crippen molar-refractivity contribution in [3.05, 3.63) is 88.0 Å². The minimum Gasteiger partial charge on any atom is -0.458 e. The number of amides is 2. The molecule has 8 heteroatoms. The second kappa shape index (κ2) is 11.6. The molecule has 0 spiro atoms. The molecule has 7 nitrogen and oxygen atoms in total. The summed E-state index contributed by atoms with van der Waals surface area (Å²) in [6.45, 7) is 4.18. The Kier molecular flexibility index (Phi) is 7.98. The molecular weight excluding hydrogens is 509 g/mol. The maximum Gasteiger partial charge on any atom is 0.318 e. The van der Waals surface area contributed by atoms with Crippen LogP contribution in [0.4, 0.5) is 14.9 Å². The molecule has 2 aliphatic rings. The molecule has 208 valence electrons. The van der Waals surface area contributed by atoms with Crippen LogP contribution in [-0.2, 0) is 28.8 Å². The van der Waals surface area contributed by atoms with E-state index in [2.05, 4.69) is 30.5 Å².